The Kier molecular flexibility index (Phi) is 4.97. The Balaban J connectivity index is 1.17. The number of imidazole rings is 1. The van der Waals surface area contributed by atoms with Crippen LogP contribution in [0.25, 0.3) is 11.3 Å². The van der Waals surface area contributed by atoms with Crippen molar-refractivity contribution in [3.63, 3.8) is 0 Å². The molecule has 0 unspecified atom stereocenters. The molecule has 4 heterocycles. The first-order valence-electron chi connectivity index (χ1n) is 10.5. The van der Waals surface area contributed by atoms with Crippen LogP contribution in [0.1, 0.15) is 37.5 Å². The van der Waals surface area contributed by atoms with Crippen LogP contribution in [0.15, 0.2) is 54.1 Å². The van der Waals surface area contributed by atoms with Crippen LogP contribution in [-0.2, 0) is 13.1 Å². The van der Waals surface area contributed by atoms with Crippen molar-refractivity contribution in [3.8, 4) is 11.3 Å². The minimum Gasteiger partial charge on any atom is -0.331 e. The molecule has 1 saturated heterocycles. The SMILES string of the molecule is O=c1cc(-c2cccnc2)ncn1CC1CCN(Cc2nccn2C2CC2)CC1. The Hall–Kier alpha value is -2.80. The van der Waals surface area contributed by atoms with Gasteiger partial charge in [-0.3, -0.25) is 19.2 Å². The molecule has 5 rings (SSSR count). The van der Waals surface area contributed by atoms with Gasteiger partial charge in [0.25, 0.3) is 5.56 Å². The summed E-state index contributed by atoms with van der Waals surface area (Å²) in [5, 5.41) is 0. The average Bonchev–Trinajstić information content (AvgIpc) is 3.50. The lowest BCUT2D eigenvalue weighted by Gasteiger charge is -2.32. The zero-order valence-corrected chi connectivity index (χ0v) is 16.5. The van der Waals surface area contributed by atoms with Gasteiger partial charge >= 0.3 is 0 Å². The maximum atomic E-state index is 12.6. The van der Waals surface area contributed by atoms with E-state index in [0.717, 1.165) is 44.6 Å². The first-order chi connectivity index (χ1) is 14.3. The lowest BCUT2D eigenvalue weighted by atomic mass is 9.96. The zero-order valence-electron chi connectivity index (χ0n) is 16.5. The van der Waals surface area contributed by atoms with Crippen LogP contribution < -0.4 is 5.56 Å². The van der Waals surface area contributed by atoms with Crippen LogP contribution in [0.2, 0.25) is 0 Å². The van der Waals surface area contributed by atoms with E-state index >= 15 is 0 Å². The van der Waals surface area contributed by atoms with Crippen LogP contribution in [0, 0.1) is 5.92 Å². The molecule has 3 aromatic heterocycles. The van der Waals surface area contributed by atoms with Gasteiger partial charge in [-0.1, -0.05) is 0 Å². The summed E-state index contributed by atoms with van der Waals surface area (Å²) in [5.41, 5.74) is 1.56. The molecular weight excluding hydrogens is 364 g/mol. The molecule has 150 valence electrons. The van der Waals surface area contributed by atoms with E-state index in [0.29, 0.717) is 17.7 Å². The standard InChI is InChI=1S/C22H26N6O/c29-22-12-20(18-2-1-7-23-13-18)25-16-27(22)14-17-5-9-26(10-6-17)15-21-24-8-11-28(21)19-3-4-19/h1-2,7-8,11-13,16-17,19H,3-6,9-10,14-15H2. The summed E-state index contributed by atoms with van der Waals surface area (Å²) < 4.78 is 4.10. The number of pyridine rings is 1. The summed E-state index contributed by atoms with van der Waals surface area (Å²) in [5.74, 6) is 1.70. The minimum absolute atomic E-state index is 0.00717. The molecular formula is C22H26N6O. The summed E-state index contributed by atoms with van der Waals surface area (Å²) in [7, 11) is 0. The number of nitrogens with zero attached hydrogens (tertiary/aromatic N) is 6. The second-order valence-electron chi connectivity index (χ2n) is 8.21. The molecule has 0 amide bonds. The Morgan fingerprint density at radius 2 is 1.93 bits per heavy atom. The summed E-state index contributed by atoms with van der Waals surface area (Å²) in [6.07, 6.45) is 13.9. The fourth-order valence-electron chi connectivity index (χ4n) is 4.19. The molecule has 29 heavy (non-hydrogen) atoms. The molecule has 2 fully saturated rings. The second-order valence-corrected chi connectivity index (χ2v) is 8.21. The van der Waals surface area contributed by atoms with Gasteiger partial charge in [0.2, 0.25) is 0 Å². The molecule has 2 aliphatic rings. The zero-order chi connectivity index (χ0) is 19.6. The molecule has 0 radical (unpaired) electrons. The van der Waals surface area contributed by atoms with Crippen molar-refractivity contribution in [1.82, 2.24) is 29.0 Å². The smallest absolute Gasteiger partial charge is 0.253 e. The molecule has 0 N–H and O–H groups in total. The number of likely N-dealkylation sites (tertiary alicyclic amines) is 1. The summed E-state index contributed by atoms with van der Waals surface area (Å²) >= 11 is 0. The van der Waals surface area contributed by atoms with E-state index in [2.05, 4.69) is 30.6 Å². The van der Waals surface area contributed by atoms with Crippen molar-refractivity contribution in [2.75, 3.05) is 13.1 Å². The molecule has 3 aromatic rings. The van der Waals surface area contributed by atoms with Crippen LogP contribution in [0.5, 0.6) is 0 Å². The van der Waals surface area contributed by atoms with E-state index in [1.54, 1.807) is 29.4 Å². The van der Waals surface area contributed by atoms with Gasteiger partial charge in [0, 0.05) is 49.0 Å². The molecule has 7 heteroatoms. The lowest BCUT2D eigenvalue weighted by Crippen LogP contribution is -2.36. The third-order valence-electron chi connectivity index (χ3n) is 6.05. The van der Waals surface area contributed by atoms with Crippen molar-refractivity contribution in [2.24, 2.45) is 5.92 Å². The summed E-state index contributed by atoms with van der Waals surface area (Å²) in [4.78, 5) is 28.2. The Morgan fingerprint density at radius 3 is 2.66 bits per heavy atom. The van der Waals surface area contributed by atoms with Gasteiger partial charge in [0.05, 0.1) is 18.6 Å². The lowest BCUT2D eigenvalue weighted by molar-refractivity contribution is 0.161. The van der Waals surface area contributed by atoms with Gasteiger partial charge in [-0.05, 0) is 56.8 Å². The third kappa shape index (κ3) is 4.15. The number of hydrogen-bond acceptors (Lipinski definition) is 5. The molecule has 0 aromatic carbocycles. The van der Waals surface area contributed by atoms with E-state index in [9.17, 15) is 4.79 Å². The van der Waals surface area contributed by atoms with Crippen molar-refractivity contribution in [1.29, 1.82) is 0 Å². The maximum absolute atomic E-state index is 12.6. The maximum Gasteiger partial charge on any atom is 0.253 e. The van der Waals surface area contributed by atoms with Gasteiger partial charge in [0.1, 0.15) is 5.82 Å². The van der Waals surface area contributed by atoms with E-state index < -0.39 is 0 Å². The predicted molar refractivity (Wildman–Crippen MR) is 110 cm³/mol. The van der Waals surface area contributed by atoms with Gasteiger partial charge in [-0.15, -0.1) is 0 Å². The normalized spacial score (nSPS) is 18.2. The fourth-order valence-corrected chi connectivity index (χ4v) is 4.19. The van der Waals surface area contributed by atoms with E-state index in [4.69, 9.17) is 0 Å². The molecule has 1 aliphatic carbocycles. The van der Waals surface area contributed by atoms with Gasteiger partial charge in [0.15, 0.2) is 0 Å². The fraction of sp³-hybridized carbons (Fsp3) is 0.455. The summed E-state index contributed by atoms with van der Waals surface area (Å²) in [6, 6.07) is 6.07. The summed E-state index contributed by atoms with van der Waals surface area (Å²) in [6.45, 7) is 3.78. The first kappa shape index (κ1) is 18.2. The highest BCUT2D eigenvalue weighted by Gasteiger charge is 2.27. The quantitative estimate of drug-likeness (QED) is 0.647. The van der Waals surface area contributed by atoms with Crippen LogP contribution in [0.4, 0.5) is 0 Å². The monoisotopic (exact) mass is 390 g/mol. The van der Waals surface area contributed by atoms with Crippen LogP contribution >= 0.6 is 0 Å². The molecule has 1 aliphatic heterocycles. The van der Waals surface area contributed by atoms with Crippen molar-refractivity contribution in [3.05, 3.63) is 65.5 Å². The molecule has 0 spiro atoms. The largest absolute Gasteiger partial charge is 0.331 e. The average molecular weight is 390 g/mol. The van der Waals surface area contributed by atoms with Gasteiger partial charge in [-0.2, -0.15) is 0 Å². The topological polar surface area (TPSA) is 68.8 Å². The van der Waals surface area contributed by atoms with Gasteiger partial charge < -0.3 is 4.57 Å². The Morgan fingerprint density at radius 1 is 1.07 bits per heavy atom. The Bertz CT molecular complexity index is 1020. The van der Waals surface area contributed by atoms with Crippen molar-refractivity contribution < 1.29 is 0 Å². The van der Waals surface area contributed by atoms with E-state index in [1.165, 1.54) is 18.7 Å². The number of rotatable bonds is 6. The highest BCUT2D eigenvalue weighted by molar-refractivity contribution is 5.56. The predicted octanol–water partition coefficient (Wildman–Crippen LogP) is 2.75. The van der Waals surface area contributed by atoms with E-state index in [-0.39, 0.29) is 5.56 Å². The molecule has 7 nitrogen and oxygen atoms in total. The van der Waals surface area contributed by atoms with Crippen LogP contribution in [0.3, 0.4) is 0 Å². The molecule has 0 bridgehead atoms. The highest BCUT2D eigenvalue weighted by Crippen LogP contribution is 2.35. The second kappa shape index (κ2) is 7.91. The number of piperidine rings is 1. The third-order valence-corrected chi connectivity index (χ3v) is 6.05. The number of aromatic nitrogens is 5. The van der Waals surface area contributed by atoms with Crippen LogP contribution in [-0.4, -0.2) is 42.1 Å². The Labute approximate surface area is 170 Å². The van der Waals surface area contributed by atoms with Crippen molar-refractivity contribution >= 4 is 0 Å². The highest BCUT2D eigenvalue weighted by atomic mass is 16.1. The van der Waals surface area contributed by atoms with Gasteiger partial charge in [-0.25, -0.2) is 9.97 Å². The first-order valence-corrected chi connectivity index (χ1v) is 10.5. The minimum atomic E-state index is 0.00717. The molecule has 1 saturated carbocycles. The van der Waals surface area contributed by atoms with Crippen molar-refractivity contribution in [2.45, 2.75) is 44.8 Å². The molecule has 0 atom stereocenters. The number of hydrogen-bond donors (Lipinski definition) is 0. The van der Waals surface area contributed by atoms with E-state index in [1.807, 2.05) is 18.3 Å².